The molecule has 1 aromatic carbocycles. The Morgan fingerprint density at radius 1 is 1.35 bits per heavy atom. The van der Waals surface area contributed by atoms with Crippen LogP contribution in [0.15, 0.2) is 48.1 Å². The van der Waals surface area contributed by atoms with Crippen LogP contribution in [0.2, 0.25) is 0 Å². The van der Waals surface area contributed by atoms with Crippen LogP contribution >= 0.6 is 0 Å². The van der Waals surface area contributed by atoms with E-state index < -0.39 is 0 Å². The van der Waals surface area contributed by atoms with Crippen LogP contribution in [-0.2, 0) is 11.4 Å². The van der Waals surface area contributed by atoms with Gasteiger partial charge in [0.05, 0.1) is 12.9 Å². The smallest absolute Gasteiger partial charge is 0.202 e. The quantitative estimate of drug-likeness (QED) is 0.369. The average Bonchev–Trinajstić information content (AvgIpc) is 3.27. The standard InChI is InChI=1S/C18H16N4O/c19-9-12-23-21-18(13-22-11-10-20-14-22)17-7-5-16(6-8-17)4-3-15-1-2-15/h5-8,10-11,14-15H,1-2,12-13H2/b21-18+. The van der Waals surface area contributed by atoms with Crippen molar-refractivity contribution in [1.29, 1.82) is 5.26 Å². The molecule has 5 nitrogen and oxygen atoms in total. The third kappa shape index (κ3) is 4.46. The number of nitrogens with zero attached hydrogens (tertiary/aromatic N) is 4. The highest BCUT2D eigenvalue weighted by Gasteiger charge is 2.17. The van der Waals surface area contributed by atoms with Crippen molar-refractivity contribution in [2.75, 3.05) is 6.61 Å². The predicted molar refractivity (Wildman–Crippen MR) is 86.4 cm³/mol. The molecule has 5 heteroatoms. The molecule has 114 valence electrons. The van der Waals surface area contributed by atoms with E-state index in [1.165, 1.54) is 12.8 Å². The first kappa shape index (κ1) is 14.9. The van der Waals surface area contributed by atoms with E-state index in [0.29, 0.717) is 12.5 Å². The first-order valence-corrected chi connectivity index (χ1v) is 7.48. The Bertz CT molecular complexity index is 769. The SMILES string of the molecule is N#CCO/N=C(\Cn1ccnc1)c1ccc(C#CC2CC2)cc1. The van der Waals surface area contributed by atoms with Crippen LogP contribution in [0.4, 0.5) is 0 Å². The molecule has 2 aromatic rings. The van der Waals surface area contributed by atoms with Gasteiger partial charge in [-0.25, -0.2) is 4.98 Å². The van der Waals surface area contributed by atoms with Gasteiger partial charge in [0, 0.05) is 29.4 Å². The fourth-order valence-corrected chi connectivity index (χ4v) is 2.02. The van der Waals surface area contributed by atoms with Crippen LogP contribution in [-0.4, -0.2) is 21.9 Å². The Kier molecular flexibility index (Phi) is 4.71. The van der Waals surface area contributed by atoms with Gasteiger partial charge < -0.3 is 9.40 Å². The van der Waals surface area contributed by atoms with Gasteiger partial charge in [-0.2, -0.15) is 5.26 Å². The molecule has 1 aromatic heterocycles. The summed E-state index contributed by atoms with van der Waals surface area (Å²) in [5.74, 6) is 7.03. The number of benzene rings is 1. The van der Waals surface area contributed by atoms with Gasteiger partial charge in [0.25, 0.3) is 0 Å². The number of rotatable bonds is 5. The molecule has 1 aliphatic rings. The lowest BCUT2D eigenvalue weighted by molar-refractivity contribution is 0.178. The summed E-state index contributed by atoms with van der Waals surface area (Å²) >= 11 is 0. The normalized spacial score (nSPS) is 13.8. The van der Waals surface area contributed by atoms with Crippen molar-refractivity contribution in [1.82, 2.24) is 9.55 Å². The number of oxime groups is 1. The van der Waals surface area contributed by atoms with Gasteiger partial charge in [-0.05, 0) is 25.0 Å². The van der Waals surface area contributed by atoms with Gasteiger partial charge >= 0.3 is 0 Å². The molecule has 1 saturated carbocycles. The Morgan fingerprint density at radius 3 is 2.83 bits per heavy atom. The van der Waals surface area contributed by atoms with E-state index in [0.717, 1.165) is 16.8 Å². The maximum Gasteiger partial charge on any atom is 0.202 e. The molecular weight excluding hydrogens is 288 g/mol. The van der Waals surface area contributed by atoms with Gasteiger partial charge in [-0.1, -0.05) is 29.1 Å². The number of nitriles is 1. The lowest BCUT2D eigenvalue weighted by Gasteiger charge is -2.07. The Labute approximate surface area is 135 Å². The largest absolute Gasteiger partial charge is 0.380 e. The average molecular weight is 304 g/mol. The summed E-state index contributed by atoms with van der Waals surface area (Å²) < 4.78 is 1.90. The maximum absolute atomic E-state index is 8.58. The summed E-state index contributed by atoms with van der Waals surface area (Å²) in [7, 11) is 0. The van der Waals surface area contributed by atoms with Crippen LogP contribution in [0.3, 0.4) is 0 Å². The summed E-state index contributed by atoms with van der Waals surface area (Å²) in [5.41, 5.74) is 2.68. The van der Waals surface area contributed by atoms with Gasteiger partial charge in [-0.15, -0.1) is 0 Å². The molecule has 1 fully saturated rings. The second kappa shape index (κ2) is 7.29. The van der Waals surface area contributed by atoms with Gasteiger partial charge in [-0.3, -0.25) is 0 Å². The highest BCUT2D eigenvalue weighted by atomic mass is 16.6. The highest BCUT2D eigenvalue weighted by molar-refractivity contribution is 6.00. The van der Waals surface area contributed by atoms with E-state index in [1.807, 2.05) is 41.1 Å². The van der Waals surface area contributed by atoms with Crippen LogP contribution in [0, 0.1) is 29.1 Å². The highest BCUT2D eigenvalue weighted by Crippen LogP contribution is 2.27. The second-order valence-electron chi connectivity index (χ2n) is 5.33. The molecule has 0 bridgehead atoms. The molecule has 3 rings (SSSR count). The Hall–Kier alpha value is -3.05. The first-order valence-electron chi connectivity index (χ1n) is 7.48. The van der Waals surface area contributed by atoms with Crippen LogP contribution < -0.4 is 0 Å². The molecule has 0 unspecified atom stereocenters. The van der Waals surface area contributed by atoms with Gasteiger partial charge in [0.1, 0.15) is 11.8 Å². The zero-order valence-electron chi connectivity index (χ0n) is 12.6. The minimum atomic E-state index is -0.0711. The Morgan fingerprint density at radius 2 is 2.17 bits per heavy atom. The molecule has 1 heterocycles. The fraction of sp³-hybridized carbons (Fsp3) is 0.278. The molecule has 0 saturated heterocycles. The van der Waals surface area contributed by atoms with Crippen molar-refractivity contribution >= 4 is 5.71 Å². The molecule has 0 radical (unpaired) electrons. The van der Waals surface area contributed by atoms with Crippen LogP contribution in [0.5, 0.6) is 0 Å². The number of hydrogen-bond acceptors (Lipinski definition) is 4. The van der Waals surface area contributed by atoms with Crippen LogP contribution in [0.1, 0.15) is 24.0 Å². The molecular formula is C18H16N4O. The van der Waals surface area contributed by atoms with Crippen molar-refractivity contribution in [2.45, 2.75) is 19.4 Å². The van der Waals surface area contributed by atoms with Gasteiger partial charge in [0.15, 0.2) is 0 Å². The van der Waals surface area contributed by atoms with Crippen molar-refractivity contribution in [3.63, 3.8) is 0 Å². The summed E-state index contributed by atoms with van der Waals surface area (Å²) in [6.45, 7) is 0.455. The fourth-order valence-electron chi connectivity index (χ4n) is 2.02. The lowest BCUT2D eigenvalue weighted by Crippen LogP contribution is -2.11. The third-order valence-electron chi connectivity index (χ3n) is 3.41. The molecule has 0 spiro atoms. The summed E-state index contributed by atoms with van der Waals surface area (Å²) in [5, 5.41) is 12.7. The predicted octanol–water partition coefficient (Wildman–Crippen LogP) is 2.59. The molecule has 0 aliphatic heterocycles. The molecule has 1 aliphatic carbocycles. The van der Waals surface area contributed by atoms with Crippen LogP contribution in [0.25, 0.3) is 0 Å². The van der Waals surface area contributed by atoms with E-state index >= 15 is 0 Å². The maximum atomic E-state index is 8.58. The second-order valence-corrected chi connectivity index (χ2v) is 5.33. The lowest BCUT2D eigenvalue weighted by atomic mass is 10.1. The summed E-state index contributed by atoms with van der Waals surface area (Å²) in [4.78, 5) is 9.05. The van der Waals surface area contributed by atoms with Crippen molar-refractivity contribution in [2.24, 2.45) is 11.1 Å². The van der Waals surface area contributed by atoms with E-state index in [2.05, 4.69) is 22.0 Å². The number of aromatic nitrogens is 2. The third-order valence-corrected chi connectivity index (χ3v) is 3.41. The number of hydrogen-bond donors (Lipinski definition) is 0. The van der Waals surface area contributed by atoms with Crippen molar-refractivity contribution in [3.05, 3.63) is 54.1 Å². The summed E-state index contributed by atoms with van der Waals surface area (Å²) in [6.07, 6.45) is 7.74. The van der Waals surface area contributed by atoms with Gasteiger partial charge in [0.2, 0.25) is 6.61 Å². The minimum Gasteiger partial charge on any atom is -0.380 e. The minimum absolute atomic E-state index is 0.0711. The first-order chi connectivity index (χ1) is 11.3. The zero-order chi connectivity index (χ0) is 15.9. The zero-order valence-corrected chi connectivity index (χ0v) is 12.6. The molecule has 23 heavy (non-hydrogen) atoms. The number of imidazole rings is 1. The molecule has 0 amide bonds. The Balaban J connectivity index is 1.76. The monoisotopic (exact) mass is 304 g/mol. The summed E-state index contributed by atoms with van der Waals surface area (Å²) in [6, 6.07) is 9.83. The molecule has 0 atom stereocenters. The van der Waals surface area contributed by atoms with E-state index in [-0.39, 0.29) is 6.61 Å². The van der Waals surface area contributed by atoms with E-state index in [9.17, 15) is 0 Å². The van der Waals surface area contributed by atoms with E-state index in [1.54, 1.807) is 12.5 Å². The topological polar surface area (TPSA) is 63.2 Å². The molecule has 0 N–H and O–H groups in total. The van der Waals surface area contributed by atoms with Crippen molar-refractivity contribution in [3.8, 4) is 17.9 Å². The van der Waals surface area contributed by atoms with E-state index in [4.69, 9.17) is 10.1 Å². The van der Waals surface area contributed by atoms with Crippen molar-refractivity contribution < 1.29 is 4.84 Å².